The van der Waals surface area contributed by atoms with Crippen LogP contribution in [0.15, 0.2) is 24.3 Å². The molecule has 0 radical (unpaired) electrons. The average molecular weight is 504 g/mol. The molecule has 6 heteroatoms. The number of nitrogens with zero attached hydrogens (tertiary/aromatic N) is 2. The molecule has 0 aliphatic rings. The number of ether oxygens (including phenoxy) is 1. The largest absolute Gasteiger partial charge is 0.445 e. The third-order valence-electron chi connectivity index (χ3n) is 6.59. The second-order valence-corrected chi connectivity index (χ2v) is 10.2. The van der Waals surface area contributed by atoms with Gasteiger partial charge in [-0.1, -0.05) is 109 Å². The van der Waals surface area contributed by atoms with Gasteiger partial charge in [0.25, 0.3) is 0 Å². The second kappa shape index (κ2) is 22.1. The first-order valence-corrected chi connectivity index (χ1v) is 14.4. The first-order valence-electron chi connectivity index (χ1n) is 14.4. The SMILES string of the molecule is CCCCCCCCCCCCCCCCN(C=O)c1ccccc1COC(=O)NCCCN(C)C. The van der Waals surface area contributed by atoms with E-state index >= 15 is 0 Å². The van der Waals surface area contributed by atoms with E-state index in [1.54, 1.807) is 4.90 Å². The Hall–Kier alpha value is -2.08. The fourth-order valence-corrected chi connectivity index (χ4v) is 4.40. The molecule has 1 aromatic carbocycles. The first-order chi connectivity index (χ1) is 17.6. The summed E-state index contributed by atoms with van der Waals surface area (Å²) < 4.78 is 5.39. The van der Waals surface area contributed by atoms with Crippen molar-refractivity contribution in [1.82, 2.24) is 10.2 Å². The third kappa shape index (κ3) is 16.6. The normalized spacial score (nSPS) is 11.0. The molecule has 0 saturated heterocycles. The van der Waals surface area contributed by atoms with Gasteiger partial charge in [0, 0.05) is 24.3 Å². The van der Waals surface area contributed by atoms with Crippen molar-refractivity contribution >= 4 is 18.2 Å². The number of unbranched alkanes of at least 4 members (excludes halogenated alkanes) is 13. The second-order valence-electron chi connectivity index (χ2n) is 10.2. The molecule has 0 saturated carbocycles. The molecule has 0 aliphatic carbocycles. The summed E-state index contributed by atoms with van der Waals surface area (Å²) in [5.41, 5.74) is 1.67. The summed E-state index contributed by atoms with van der Waals surface area (Å²) in [6.45, 7) is 4.61. The number of rotatable bonds is 23. The minimum atomic E-state index is -0.423. The number of benzene rings is 1. The van der Waals surface area contributed by atoms with Crippen molar-refractivity contribution in [2.24, 2.45) is 0 Å². The maximum absolute atomic E-state index is 12.0. The topological polar surface area (TPSA) is 61.9 Å². The van der Waals surface area contributed by atoms with Crippen molar-refractivity contribution in [2.45, 2.75) is 110 Å². The van der Waals surface area contributed by atoms with Gasteiger partial charge in [-0.15, -0.1) is 0 Å². The van der Waals surface area contributed by atoms with E-state index in [0.29, 0.717) is 13.1 Å². The fraction of sp³-hybridized carbons (Fsp3) is 0.733. The van der Waals surface area contributed by atoms with Gasteiger partial charge in [-0.05, 0) is 39.5 Å². The summed E-state index contributed by atoms with van der Waals surface area (Å²) >= 11 is 0. The predicted octanol–water partition coefficient (Wildman–Crippen LogP) is 7.31. The number of alkyl carbamates (subject to hydrolysis) is 1. The van der Waals surface area contributed by atoms with Crippen LogP contribution in [0, 0.1) is 0 Å². The summed E-state index contributed by atoms with van der Waals surface area (Å²) in [6.07, 6.45) is 19.8. The van der Waals surface area contributed by atoms with E-state index < -0.39 is 6.09 Å². The molecule has 0 bridgehead atoms. The fourth-order valence-electron chi connectivity index (χ4n) is 4.40. The van der Waals surface area contributed by atoms with E-state index in [-0.39, 0.29) is 6.61 Å². The summed E-state index contributed by atoms with van der Waals surface area (Å²) in [4.78, 5) is 27.6. The summed E-state index contributed by atoms with van der Waals surface area (Å²) in [5, 5.41) is 2.78. The van der Waals surface area contributed by atoms with Gasteiger partial charge >= 0.3 is 6.09 Å². The van der Waals surface area contributed by atoms with Crippen LogP contribution in [-0.2, 0) is 16.1 Å². The van der Waals surface area contributed by atoms with Gasteiger partial charge < -0.3 is 19.9 Å². The van der Waals surface area contributed by atoms with Crippen molar-refractivity contribution in [3.63, 3.8) is 0 Å². The first kappa shape index (κ1) is 31.9. The maximum atomic E-state index is 12.0. The molecule has 1 N–H and O–H groups in total. The highest BCUT2D eigenvalue weighted by Crippen LogP contribution is 2.21. The Morgan fingerprint density at radius 1 is 0.806 bits per heavy atom. The molecule has 0 heterocycles. The lowest BCUT2D eigenvalue weighted by Crippen LogP contribution is -2.28. The Morgan fingerprint density at radius 3 is 1.92 bits per heavy atom. The Labute approximate surface area is 221 Å². The van der Waals surface area contributed by atoms with Crippen molar-refractivity contribution in [3.8, 4) is 0 Å². The minimum absolute atomic E-state index is 0.152. The molecule has 1 rings (SSSR count). The van der Waals surface area contributed by atoms with Crippen LogP contribution in [0.2, 0.25) is 0 Å². The van der Waals surface area contributed by atoms with E-state index in [9.17, 15) is 9.59 Å². The zero-order valence-corrected chi connectivity index (χ0v) is 23.4. The van der Waals surface area contributed by atoms with Gasteiger partial charge in [0.05, 0.1) is 0 Å². The van der Waals surface area contributed by atoms with Crippen LogP contribution in [0.4, 0.5) is 10.5 Å². The molecule has 0 spiro atoms. The number of carbonyl (C=O) groups excluding carboxylic acids is 2. The molecule has 2 amide bonds. The zero-order valence-electron chi connectivity index (χ0n) is 23.4. The number of amides is 2. The van der Waals surface area contributed by atoms with Gasteiger partial charge in [-0.3, -0.25) is 4.79 Å². The van der Waals surface area contributed by atoms with E-state index in [0.717, 1.165) is 43.5 Å². The predicted molar refractivity (Wildman–Crippen MR) is 152 cm³/mol. The molecule has 0 unspecified atom stereocenters. The smallest absolute Gasteiger partial charge is 0.407 e. The molecular formula is C30H53N3O3. The number of nitrogens with one attached hydrogen (secondary N) is 1. The van der Waals surface area contributed by atoms with Crippen LogP contribution in [-0.4, -0.2) is 51.1 Å². The lowest BCUT2D eigenvalue weighted by molar-refractivity contribution is -0.107. The van der Waals surface area contributed by atoms with Crippen LogP contribution in [0.25, 0.3) is 0 Å². The highest BCUT2D eigenvalue weighted by Gasteiger charge is 2.12. The van der Waals surface area contributed by atoms with Gasteiger partial charge in [0.2, 0.25) is 6.41 Å². The van der Waals surface area contributed by atoms with E-state index in [2.05, 4.69) is 17.1 Å². The summed E-state index contributed by atoms with van der Waals surface area (Å²) in [7, 11) is 4.01. The zero-order chi connectivity index (χ0) is 26.3. The maximum Gasteiger partial charge on any atom is 0.407 e. The number of hydrogen-bond acceptors (Lipinski definition) is 4. The van der Waals surface area contributed by atoms with Crippen molar-refractivity contribution < 1.29 is 14.3 Å². The van der Waals surface area contributed by atoms with Crippen LogP contribution in [0.5, 0.6) is 0 Å². The molecule has 1 aromatic rings. The van der Waals surface area contributed by atoms with Crippen molar-refractivity contribution in [1.29, 1.82) is 0 Å². The van der Waals surface area contributed by atoms with Crippen molar-refractivity contribution in [3.05, 3.63) is 29.8 Å². The molecular weight excluding hydrogens is 450 g/mol. The standard InChI is InChI=1S/C30H53N3O3/c1-4-5-6-7-8-9-10-11-12-13-14-15-16-19-25-33(27-34)29-22-18-17-21-28(29)26-36-30(35)31-23-20-24-32(2)3/h17-18,21-22,27H,4-16,19-20,23-26H2,1-3H3,(H,31,35). The third-order valence-corrected chi connectivity index (χ3v) is 6.59. The van der Waals surface area contributed by atoms with E-state index in [1.165, 1.54) is 77.0 Å². The van der Waals surface area contributed by atoms with Crippen LogP contribution in [0.1, 0.15) is 109 Å². The number of anilines is 1. The molecule has 36 heavy (non-hydrogen) atoms. The van der Waals surface area contributed by atoms with Gasteiger partial charge in [0.1, 0.15) is 6.61 Å². The average Bonchev–Trinajstić information content (AvgIpc) is 2.88. The molecule has 206 valence electrons. The van der Waals surface area contributed by atoms with Gasteiger partial charge in [-0.25, -0.2) is 4.79 Å². The summed E-state index contributed by atoms with van der Waals surface area (Å²) in [5.74, 6) is 0. The Morgan fingerprint density at radius 2 is 1.36 bits per heavy atom. The minimum Gasteiger partial charge on any atom is -0.445 e. The molecule has 0 atom stereocenters. The van der Waals surface area contributed by atoms with Crippen LogP contribution < -0.4 is 10.2 Å². The lowest BCUT2D eigenvalue weighted by atomic mass is 10.0. The lowest BCUT2D eigenvalue weighted by Gasteiger charge is -2.21. The Bertz CT molecular complexity index is 681. The monoisotopic (exact) mass is 503 g/mol. The number of para-hydroxylation sites is 1. The van der Waals surface area contributed by atoms with Crippen LogP contribution in [0.3, 0.4) is 0 Å². The number of carbonyl (C=O) groups is 2. The molecule has 0 aromatic heterocycles. The van der Waals surface area contributed by atoms with Gasteiger partial charge in [-0.2, -0.15) is 0 Å². The molecule has 6 nitrogen and oxygen atoms in total. The molecule has 0 fully saturated rings. The Balaban J connectivity index is 2.19. The highest BCUT2D eigenvalue weighted by molar-refractivity contribution is 5.77. The van der Waals surface area contributed by atoms with Crippen molar-refractivity contribution in [2.75, 3.05) is 38.6 Å². The van der Waals surface area contributed by atoms with E-state index in [4.69, 9.17) is 4.74 Å². The highest BCUT2D eigenvalue weighted by atomic mass is 16.5. The van der Waals surface area contributed by atoms with E-state index in [1.807, 2.05) is 38.4 Å². The Kier molecular flexibility index (Phi) is 19.7. The number of hydrogen-bond donors (Lipinski definition) is 1. The molecule has 0 aliphatic heterocycles. The van der Waals surface area contributed by atoms with Gasteiger partial charge in [0.15, 0.2) is 0 Å². The quantitative estimate of drug-likeness (QED) is 0.126. The van der Waals surface area contributed by atoms with Crippen LogP contribution >= 0.6 is 0 Å². The summed E-state index contributed by atoms with van der Waals surface area (Å²) in [6, 6.07) is 7.66.